The Morgan fingerprint density at radius 1 is 0.865 bits per heavy atom. The van der Waals surface area contributed by atoms with E-state index in [0.717, 1.165) is 27.9 Å². The summed E-state index contributed by atoms with van der Waals surface area (Å²) in [5.41, 5.74) is 6.06. The van der Waals surface area contributed by atoms with E-state index in [2.05, 4.69) is 15.8 Å². The van der Waals surface area contributed by atoms with E-state index in [-0.39, 0.29) is 25.0 Å². The van der Waals surface area contributed by atoms with E-state index in [1.807, 2.05) is 45.9 Å². The van der Waals surface area contributed by atoms with Crippen molar-refractivity contribution in [1.29, 1.82) is 0 Å². The molecule has 0 aromatic heterocycles. The van der Waals surface area contributed by atoms with Crippen molar-refractivity contribution in [3.8, 4) is 11.5 Å². The minimum atomic E-state index is -0.363. The van der Waals surface area contributed by atoms with Crippen LogP contribution in [-0.2, 0) is 14.4 Å². The number of hydrogen-bond acceptors (Lipinski definition) is 6. The lowest BCUT2D eigenvalue weighted by molar-refractivity contribution is -0.120. The summed E-state index contributed by atoms with van der Waals surface area (Å²) < 4.78 is 11.1. The van der Waals surface area contributed by atoms with Gasteiger partial charge in [0.25, 0.3) is 11.8 Å². The highest BCUT2D eigenvalue weighted by Crippen LogP contribution is 2.28. The van der Waals surface area contributed by atoms with Crippen LogP contribution in [0.3, 0.4) is 0 Å². The third-order valence-corrected chi connectivity index (χ3v) is 5.67. The molecule has 0 fully saturated rings. The molecule has 37 heavy (non-hydrogen) atoms. The van der Waals surface area contributed by atoms with Gasteiger partial charge in [-0.1, -0.05) is 40.5 Å². The average molecular weight is 524 g/mol. The molecule has 0 atom stereocenters. The molecule has 194 valence electrons. The fraction of sp³-hybridized carbons (Fsp3) is 0.250. The molecule has 0 unspecified atom stereocenters. The van der Waals surface area contributed by atoms with E-state index < -0.39 is 0 Å². The zero-order chi connectivity index (χ0) is 26.9. The maximum atomic E-state index is 12.5. The minimum absolute atomic E-state index is 0.180. The monoisotopic (exact) mass is 523 g/mol. The third-order valence-electron chi connectivity index (χ3n) is 5.43. The van der Waals surface area contributed by atoms with Crippen molar-refractivity contribution in [2.75, 3.05) is 31.0 Å². The van der Waals surface area contributed by atoms with Gasteiger partial charge in [-0.2, -0.15) is 0 Å². The van der Waals surface area contributed by atoms with Crippen LogP contribution in [0.25, 0.3) is 0 Å². The van der Waals surface area contributed by atoms with Crippen LogP contribution in [-0.4, -0.2) is 38.4 Å². The number of carbonyl (C=O) groups excluding carboxylic acids is 2. The van der Waals surface area contributed by atoms with Crippen molar-refractivity contribution in [3.63, 3.8) is 0 Å². The maximum absolute atomic E-state index is 12.5. The summed E-state index contributed by atoms with van der Waals surface area (Å²) in [5, 5.41) is 10.0. The quantitative estimate of drug-likeness (QED) is 0.267. The second-order valence-corrected chi connectivity index (χ2v) is 8.97. The molecular formula is C28H30ClN3O5. The normalized spacial score (nSPS) is 10.8. The molecule has 0 aliphatic carbocycles. The number of carbonyl (C=O) groups is 2. The summed E-state index contributed by atoms with van der Waals surface area (Å²) in [7, 11) is 1.50. The van der Waals surface area contributed by atoms with E-state index in [9.17, 15) is 9.59 Å². The van der Waals surface area contributed by atoms with Gasteiger partial charge in [0.1, 0.15) is 0 Å². The summed E-state index contributed by atoms with van der Waals surface area (Å²) in [6.45, 7) is 7.34. The molecule has 0 spiro atoms. The third kappa shape index (κ3) is 7.98. The zero-order valence-electron chi connectivity index (χ0n) is 21.5. The molecular weight excluding hydrogens is 494 g/mol. The van der Waals surface area contributed by atoms with Crippen molar-refractivity contribution < 1.29 is 23.9 Å². The molecule has 3 aromatic rings. The van der Waals surface area contributed by atoms with Crippen LogP contribution in [0.4, 0.5) is 11.4 Å². The number of anilines is 2. The number of amides is 2. The number of benzene rings is 3. The van der Waals surface area contributed by atoms with Gasteiger partial charge in [0.05, 0.1) is 13.3 Å². The summed E-state index contributed by atoms with van der Waals surface area (Å²) in [4.78, 5) is 29.7. The van der Waals surface area contributed by atoms with Gasteiger partial charge in [0.2, 0.25) is 0 Å². The Bertz CT molecular complexity index is 1300. The first-order chi connectivity index (χ1) is 17.7. The highest BCUT2D eigenvalue weighted by Gasteiger charge is 2.12. The van der Waals surface area contributed by atoms with Gasteiger partial charge in [0.15, 0.2) is 24.7 Å². The highest BCUT2D eigenvalue weighted by atomic mass is 35.5. The molecule has 0 radical (unpaired) electrons. The second-order valence-electron chi connectivity index (χ2n) is 8.54. The summed E-state index contributed by atoms with van der Waals surface area (Å²) >= 11 is 5.97. The number of methoxy groups -OCH3 is 1. The van der Waals surface area contributed by atoms with Crippen LogP contribution in [0.15, 0.2) is 53.7 Å². The van der Waals surface area contributed by atoms with Crippen LogP contribution in [0.5, 0.6) is 11.5 Å². The van der Waals surface area contributed by atoms with Gasteiger partial charge < -0.3 is 24.9 Å². The lowest BCUT2D eigenvalue weighted by Gasteiger charge is -2.14. The molecule has 0 saturated heterocycles. The predicted octanol–water partition coefficient (Wildman–Crippen LogP) is 5.59. The molecule has 0 saturated carbocycles. The van der Waals surface area contributed by atoms with Crippen molar-refractivity contribution >= 4 is 41.0 Å². The lowest BCUT2D eigenvalue weighted by Crippen LogP contribution is -2.21. The van der Waals surface area contributed by atoms with Crippen LogP contribution in [0.1, 0.15) is 27.8 Å². The molecule has 9 heteroatoms. The predicted molar refractivity (Wildman–Crippen MR) is 146 cm³/mol. The van der Waals surface area contributed by atoms with Gasteiger partial charge in [0, 0.05) is 22.0 Å². The fourth-order valence-corrected chi connectivity index (χ4v) is 3.86. The Labute approximate surface area is 221 Å². The fourth-order valence-electron chi connectivity index (χ4n) is 3.69. The first-order valence-corrected chi connectivity index (χ1v) is 11.9. The number of rotatable bonds is 10. The summed E-state index contributed by atoms with van der Waals surface area (Å²) in [6.07, 6.45) is 1.44. The topological polar surface area (TPSA) is 98.2 Å². The van der Waals surface area contributed by atoms with E-state index in [1.54, 1.807) is 30.3 Å². The van der Waals surface area contributed by atoms with E-state index in [1.165, 1.54) is 13.3 Å². The van der Waals surface area contributed by atoms with Gasteiger partial charge in [-0.15, -0.1) is 0 Å². The van der Waals surface area contributed by atoms with E-state index >= 15 is 0 Å². The molecule has 3 rings (SSSR count). The van der Waals surface area contributed by atoms with Gasteiger partial charge >= 0.3 is 0 Å². The number of hydrogen-bond donors (Lipinski definition) is 2. The standard InChI is InChI=1S/C28H30ClN3O5/c1-17-10-19(3)28(20(4)11-17)32-26(33)15-36-24-9-7-21(12-25(24)35-5)14-30-37-16-27(34)31-23-13-22(29)8-6-18(23)2/h6-14H,15-16H2,1-5H3,(H,31,34)(H,32,33). The smallest absolute Gasteiger partial charge is 0.265 e. The van der Waals surface area contributed by atoms with E-state index in [0.29, 0.717) is 27.8 Å². The Morgan fingerprint density at radius 2 is 1.57 bits per heavy atom. The van der Waals surface area contributed by atoms with Gasteiger partial charge in [-0.05, 0) is 74.7 Å². The number of nitrogens with zero attached hydrogens (tertiary/aromatic N) is 1. The molecule has 0 bridgehead atoms. The Hall–Kier alpha value is -4.04. The number of aryl methyl sites for hydroxylation is 4. The first-order valence-electron chi connectivity index (χ1n) is 11.6. The molecule has 3 aromatic carbocycles. The van der Waals surface area contributed by atoms with Gasteiger partial charge in [-0.3, -0.25) is 9.59 Å². The van der Waals surface area contributed by atoms with Crippen molar-refractivity contribution in [1.82, 2.24) is 0 Å². The largest absolute Gasteiger partial charge is 0.493 e. The molecule has 0 aliphatic heterocycles. The van der Waals surface area contributed by atoms with Gasteiger partial charge in [-0.25, -0.2) is 0 Å². The summed E-state index contributed by atoms with van der Waals surface area (Å²) in [6, 6.07) is 14.4. The average Bonchev–Trinajstić information content (AvgIpc) is 2.85. The number of ether oxygens (including phenoxy) is 2. The van der Waals surface area contributed by atoms with E-state index in [4.69, 9.17) is 25.9 Å². The summed E-state index contributed by atoms with van der Waals surface area (Å²) in [5.74, 6) is 0.193. The van der Waals surface area contributed by atoms with Crippen molar-refractivity contribution in [2.45, 2.75) is 27.7 Å². The van der Waals surface area contributed by atoms with Crippen LogP contribution >= 0.6 is 11.6 Å². The lowest BCUT2D eigenvalue weighted by atomic mass is 10.1. The highest BCUT2D eigenvalue weighted by molar-refractivity contribution is 6.31. The molecule has 0 heterocycles. The van der Waals surface area contributed by atoms with Crippen LogP contribution in [0, 0.1) is 27.7 Å². The van der Waals surface area contributed by atoms with Crippen LogP contribution in [0.2, 0.25) is 5.02 Å². The Kier molecular flexibility index (Phi) is 9.51. The maximum Gasteiger partial charge on any atom is 0.265 e. The number of nitrogens with one attached hydrogen (secondary N) is 2. The SMILES string of the molecule is COc1cc(C=NOCC(=O)Nc2cc(Cl)ccc2C)ccc1OCC(=O)Nc1c(C)cc(C)cc1C. The Balaban J connectivity index is 1.52. The first kappa shape index (κ1) is 27.5. The molecule has 2 amide bonds. The minimum Gasteiger partial charge on any atom is -0.493 e. The second kappa shape index (κ2) is 12.8. The molecule has 8 nitrogen and oxygen atoms in total. The number of oxime groups is 1. The van der Waals surface area contributed by atoms with Crippen LogP contribution < -0.4 is 20.1 Å². The number of halogens is 1. The zero-order valence-corrected chi connectivity index (χ0v) is 22.2. The molecule has 0 aliphatic rings. The Morgan fingerprint density at radius 3 is 2.27 bits per heavy atom. The molecule has 2 N–H and O–H groups in total. The van der Waals surface area contributed by atoms with Crippen molar-refractivity contribution in [3.05, 3.63) is 81.4 Å². The van der Waals surface area contributed by atoms with Crippen molar-refractivity contribution in [2.24, 2.45) is 5.16 Å².